The van der Waals surface area contributed by atoms with Gasteiger partial charge in [-0.3, -0.25) is 0 Å². The van der Waals surface area contributed by atoms with E-state index in [-0.39, 0.29) is 0 Å². The standard InChI is InChI=1S/C10H16BrNS/c1-4-10(3,7-11)5-9-6-12-8(2)13-9/h6H,4-5,7H2,1-3H3. The molecule has 0 radical (unpaired) electrons. The normalized spacial score (nSPS) is 15.7. The molecule has 13 heavy (non-hydrogen) atoms. The summed E-state index contributed by atoms with van der Waals surface area (Å²) in [6.07, 6.45) is 4.35. The maximum Gasteiger partial charge on any atom is 0.0896 e. The average Bonchev–Trinajstić information content (AvgIpc) is 2.51. The van der Waals surface area contributed by atoms with Gasteiger partial charge in [-0.05, 0) is 25.2 Å². The molecule has 1 rings (SSSR count). The first kappa shape index (κ1) is 11.2. The Kier molecular flexibility index (Phi) is 3.92. The van der Waals surface area contributed by atoms with Crippen LogP contribution in [0.2, 0.25) is 0 Å². The second kappa shape index (κ2) is 4.56. The van der Waals surface area contributed by atoms with E-state index in [1.54, 1.807) is 0 Å². The first-order valence-electron chi connectivity index (χ1n) is 4.57. The molecule has 1 atom stereocenters. The molecule has 0 aliphatic carbocycles. The Hall–Kier alpha value is 0.110. The maximum atomic E-state index is 4.27. The Morgan fingerprint density at radius 2 is 2.31 bits per heavy atom. The summed E-state index contributed by atoms with van der Waals surface area (Å²) < 4.78 is 0. The van der Waals surface area contributed by atoms with E-state index < -0.39 is 0 Å². The highest BCUT2D eigenvalue weighted by Gasteiger charge is 2.21. The van der Waals surface area contributed by atoms with E-state index in [9.17, 15) is 0 Å². The molecule has 0 bridgehead atoms. The van der Waals surface area contributed by atoms with Gasteiger partial charge in [0.2, 0.25) is 0 Å². The highest BCUT2D eigenvalue weighted by atomic mass is 79.9. The third kappa shape index (κ3) is 3.06. The van der Waals surface area contributed by atoms with Crippen molar-refractivity contribution in [3.8, 4) is 0 Å². The van der Waals surface area contributed by atoms with Crippen molar-refractivity contribution in [1.29, 1.82) is 0 Å². The smallest absolute Gasteiger partial charge is 0.0896 e. The van der Waals surface area contributed by atoms with Crippen molar-refractivity contribution in [2.24, 2.45) is 5.41 Å². The molecule has 1 unspecified atom stereocenters. The molecule has 0 aromatic carbocycles. The highest BCUT2D eigenvalue weighted by Crippen LogP contribution is 2.30. The number of halogens is 1. The number of nitrogens with zero attached hydrogens (tertiary/aromatic N) is 1. The van der Waals surface area contributed by atoms with Gasteiger partial charge in [0.1, 0.15) is 0 Å². The zero-order valence-corrected chi connectivity index (χ0v) is 10.8. The Labute approximate surface area is 92.7 Å². The van der Waals surface area contributed by atoms with Gasteiger partial charge < -0.3 is 0 Å². The van der Waals surface area contributed by atoms with Crippen molar-refractivity contribution in [2.45, 2.75) is 33.6 Å². The van der Waals surface area contributed by atoms with Gasteiger partial charge in [0.25, 0.3) is 0 Å². The zero-order valence-electron chi connectivity index (χ0n) is 8.43. The minimum Gasteiger partial charge on any atom is -0.250 e. The monoisotopic (exact) mass is 261 g/mol. The van der Waals surface area contributed by atoms with E-state index >= 15 is 0 Å². The lowest BCUT2D eigenvalue weighted by Gasteiger charge is -2.24. The fourth-order valence-electron chi connectivity index (χ4n) is 1.17. The van der Waals surface area contributed by atoms with Crippen molar-refractivity contribution in [3.05, 3.63) is 16.1 Å². The third-order valence-corrected chi connectivity index (χ3v) is 4.71. The molecule has 0 saturated carbocycles. The zero-order chi connectivity index (χ0) is 9.90. The summed E-state index contributed by atoms with van der Waals surface area (Å²) in [5.41, 5.74) is 0.388. The van der Waals surface area contributed by atoms with Gasteiger partial charge >= 0.3 is 0 Å². The molecule has 0 amide bonds. The van der Waals surface area contributed by atoms with Gasteiger partial charge in [-0.1, -0.05) is 29.8 Å². The van der Waals surface area contributed by atoms with Gasteiger partial charge in [-0.25, -0.2) is 4.98 Å². The Morgan fingerprint density at radius 3 is 2.69 bits per heavy atom. The number of hydrogen-bond donors (Lipinski definition) is 0. The van der Waals surface area contributed by atoms with Gasteiger partial charge in [-0.15, -0.1) is 11.3 Å². The van der Waals surface area contributed by atoms with Crippen LogP contribution in [0.1, 0.15) is 30.2 Å². The Bertz CT molecular complexity index is 266. The van der Waals surface area contributed by atoms with E-state index in [2.05, 4.69) is 41.7 Å². The number of aromatic nitrogens is 1. The molecule has 0 spiro atoms. The van der Waals surface area contributed by atoms with Crippen LogP contribution in [0.25, 0.3) is 0 Å². The van der Waals surface area contributed by atoms with Crippen LogP contribution in [0.15, 0.2) is 6.20 Å². The fraction of sp³-hybridized carbons (Fsp3) is 0.700. The van der Waals surface area contributed by atoms with Crippen molar-refractivity contribution in [2.75, 3.05) is 5.33 Å². The molecule has 0 aliphatic heterocycles. The summed E-state index contributed by atoms with van der Waals surface area (Å²) in [7, 11) is 0. The van der Waals surface area contributed by atoms with Crippen LogP contribution in [-0.2, 0) is 6.42 Å². The number of aryl methyl sites for hydroxylation is 1. The minimum absolute atomic E-state index is 0.388. The van der Waals surface area contributed by atoms with Crippen molar-refractivity contribution in [3.63, 3.8) is 0 Å². The van der Waals surface area contributed by atoms with Crippen molar-refractivity contribution in [1.82, 2.24) is 4.98 Å². The molecule has 0 saturated heterocycles. The quantitative estimate of drug-likeness (QED) is 0.752. The molecule has 0 fully saturated rings. The van der Waals surface area contributed by atoms with Gasteiger partial charge in [0.15, 0.2) is 0 Å². The molecule has 1 aromatic heterocycles. The number of thiazole rings is 1. The molecular formula is C10H16BrNS. The molecular weight excluding hydrogens is 246 g/mol. The van der Waals surface area contributed by atoms with Gasteiger partial charge in [0, 0.05) is 16.4 Å². The summed E-state index contributed by atoms with van der Waals surface area (Å²) in [5.74, 6) is 0. The molecule has 0 aliphatic rings. The molecule has 74 valence electrons. The first-order chi connectivity index (χ1) is 6.09. The lowest BCUT2D eigenvalue weighted by molar-refractivity contribution is 0.364. The third-order valence-electron chi connectivity index (χ3n) is 2.45. The lowest BCUT2D eigenvalue weighted by atomic mass is 9.86. The molecule has 1 heterocycles. The summed E-state index contributed by atoms with van der Waals surface area (Å²) in [6, 6.07) is 0. The number of alkyl halides is 1. The summed E-state index contributed by atoms with van der Waals surface area (Å²) in [5, 5.41) is 2.23. The number of hydrogen-bond acceptors (Lipinski definition) is 2. The molecule has 1 nitrogen and oxygen atoms in total. The largest absolute Gasteiger partial charge is 0.250 e. The first-order valence-corrected chi connectivity index (χ1v) is 6.51. The van der Waals surface area contributed by atoms with E-state index in [0.717, 1.165) is 11.8 Å². The fourth-order valence-corrected chi connectivity index (χ4v) is 2.78. The van der Waals surface area contributed by atoms with Crippen LogP contribution in [0.3, 0.4) is 0 Å². The Balaban J connectivity index is 2.67. The van der Waals surface area contributed by atoms with Crippen LogP contribution in [0.4, 0.5) is 0 Å². The van der Waals surface area contributed by atoms with Crippen molar-refractivity contribution < 1.29 is 0 Å². The second-order valence-electron chi connectivity index (χ2n) is 3.82. The van der Waals surface area contributed by atoms with E-state index in [1.807, 2.05) is 17.5 Å². The van der Waals surface area contributed by atoms with Gasteiger partial charge in [-0.2, -0.15) is 0 Å². The number of rotatable bonds is 4. The van der Waals surface area contributed by atoms with Crippen LogP contribution in [0, 0.1) is 12.3 Å². The highest BCUT2D eigenvalue weighted by molar-refractivity contribution is 9.09. The predicted octanol–water partition coefficient (Wildman–Crippen LogP) is 3.81. The van der Waals surface area contributed by atoms with E-state index in [0.29, 0.717) is 5.41 Å². The Morgan fingerprint density at radius 1 is 1.62 bits per heavy atom. The topological polar surface area (TPSA) is 12.9 Å². The second-order valence-corrected chi connectivity index (χ2v) is 5.70. The molecule has 3 heteroatoms. The molecule has 0 N–H and O–H groups in total. The van der Waals surface area contributed by atoms with Crippen molar-refractivity contribution >= 4 is 27.3 Å². The van der Waals surface area contributed by atoms with Crippen LogP contribution in [-0.4, -0.2) is 10.3 Å². The summed E-state index contributed by atoms with van der Waals surface area (Å²) in [6.45, 7) is 6.62. The van der Waals surface area contributed by atoms with Crippen LogP contribution < -0.4 is 0 Å². The summed E-state index contributed by atoms with van der Waals surface area (Å²) in [4.78, 5) is 5.68. The van der Waals surface area contributed by atoms with E-state index in [4.69, 9.17) is 0 Å². The summed E-state index contributed by atoms with van der Waals surface area (Å²) >= 11 is 5.39. The van der Waals surface area contributed by atoms with Crippen LogP contribution >= 0.6 is 27.3 Å². The minimum atomic E-state index is 0.388. The predicted molar refractivity (Wildman–Crippen MR) is 62.7 cm³/mol. The maximum absolute atomic E-state index is 4.27. The van der Waals surface area contributed by atoms with Crippen LogP contribution in [0.5, 0.6) is 0 Å². The molecule has 1 aromatic rings. The SMILES string of the molecule is CCC(C)(CBr)Cc1cnc(C)s1. The van der Waals surface area contributed by atoms with Gasteiger partial charge in [0.05, 0.1) is 5.01 Å². The van der Waals surface area contributed by atoms with E-state index in [1.165, 1.54) is 16.3 Å². The lowest BCUT2D eigenvalue weighted by Crippen LogP contribution is -2.19. The average molecular weight is 262 g/mol.